The van der Waals surface area contributed by atoms with E-state index >= 15 is 0 Å². The Morgan fingerprint density at radius 3 is 2.41 bits per heavy atom. The average Bonchev–Trinajstić information content (AvgIpc) is 3.51. The predicted octanol–water partition coefficient (Wildman–Crippen LogP) is 3.12. The van der Waals surface area contributed by atoms with E-state index in [4.69, 9.17) is 0 Å². The predicted molar refractivity (Wildman–Crippen MR) is 106 cm³/mol. The summed E-state index contributed by atoms with van der Waals surface area (Å²) in [5, 5.41) is 9.08. The lowest BCUT2D eigenvalue weighted by atomic mass is 10.1. The van der Waals surface area contributed by atoms with Crippen molar-refractivity contribution in [1.82, 2.24) is 15.6 Å². The number of pyridine rings is 1. The zero-order chi connectivity index (χ0) is 19.1. The molecule has 2 amide bonds. The Kier molecular flexibility index (Phi) is 6.41. The number of unbranched alkanes of at least 4 members (excludes halogenated alkanes) is 1. The van der Waals surface area contributed by atoms with E-state index in [0.717, 1.165) is 31.2 Å². The maximum Gasteiger partial charge on any atom is 0.253 e. The number of nitrogens with zero attached hydrogens (tertiary/aromatic N) is 1. The molecule has 1 heterocycles. The Balaban J connectivity index is 1.47. The molecule has 1 saturated carbocycles. The lowest BCUT2D eigenvalue weighted by Crippen LogP contribution is -2.25. The molecule has 3 rings (SSSR count). The molecule has 0 bridgehead atoms. The molecule has 142 valence electrons. The summed E-state index contributed by atoms with van der Waals surface area (Å²) in [7, 11) is 0. The zero-order valence-electron chi connectivity index (χ0n) is 15.6. The molecule has 27 heavy (non-hydrogen) atoms. The number of nitrogens with one attached hydrogen (secondary N) is 3. The molecule has 6 heteroatoms. The highest BCUT2D eigenvalue weighted by Crippen LogP contribution is 2.19. The van der Waals surface area contributed by atoms with Gasteiger partial charge in [0.1, 0.15) is 5.82 Å². The van der Waals surface area contributed by atoms with Gasteiger partial charge in [-0.1, -0.05) is 25.5 Å². The molecule has 0 spiro atoms. The first-order chi connectivity index (χ1) is 13.2. The van der Waals surface area contributed by atoms with Crippen molar-refractivity contribution in [2.45, 2.75) is 45.2 Å². The minimum absolute atomic E-state index is 0.0373. The van der Waals surface area contributed by atoms with Crippen LogP contribution in [0.5, 0.6) is 0 Å². The van der Waals surface area contributed by atoms with Crippen molar-refractivity contribution in [1.29, 1.82) is 0 Å². The van der Waals surface area contributed by atoms with Gasteiger partial charge in [0, 0.05) is 30.9 Å². The van der Waals surface area contributed by atoms with Crippen molar-refractivity contribution in [2.24, 2.45) is 0 Å². The van der Waals surface area contributed by atoms with Crippen molar-refractivity contribution in [3.63, 3.8) is 0 Å². The number of amides is 2. The Hall–Kier alpha value is -2.89. The van der Waals surface area contributed by atoms with Gasteiger partial charge < -0.3 is 16.0 Å². The number of hydrogen-bond donors (Lipinski definition) is 3. The van der Waals surface area contributed by atoms with Gasteiger partial charge in [-0.3, -0.25) is 9.59 Å². The molecule has 3 N–H and O–H groups in total. The summed E-state index contributed by atoms with van der Waals surface area (Å²) in [6, 6.07) is 11.4. The minimum Gasteiger partial charge on any atom is -0.366 e. The van der Waals surface area contributed by atoms with Gasteiger partial charge in [0.25, 0.3) is 11.8 Å². The molecule has 0 unspecified atom stereocenters. The maximum atomic E-state index is 12.0. The van der Waals surface area contributed by atoms with Crippen LogP contribution in [0.2, 0.25) is 0 Å². The molecule has 1 aliphatic rings. The fraction of sp³-hybridized carbons (Fsp3) is 0.381. The molecule has 1 aromatic carbocycles. The fourth-order valence-electron chi connectivity index (χ4n) is 2.58. The quantitative estimate of drug-likeness (QED) is 0.596. The lowest BCUT2D eigenvalue weighted by molar-refractivity contribution is 0.0943. The minimum atomic E-state index is -0.0654. The van der Waals surface area contributed by atoms with Gasteiger partial charge in [-0.25, -0.2) is 4.98 Å². The molecule has 0 atom stereocenters. The van der Waals surface area contributed by atoms with Crippen LogP contribution in [0.25, 0.3) is 0 Å². The summed E-state index contributed by atoms with van der Waals surface area (Å²) >= 11 is 0. The van der Waals surface area contributed by atoms with Gasteiger partial charge in [-0.2, -0.15) is 0 Å². The summed E-state index contributed by atoms with van der Waals surface area (Å²) in [6.07, 6.45) is 5.77. The highest BCUT2D eigenvalue weighted by molar-refractivity contribution is 5.94. The lowest BCUT2D eigenvalue weighted by Gasteiger charge is -2.08. The zero-order valence-corrected chi connectivity index (χ0v) is 15.6. The van der Waals surface area contributed by atoms with Crippen LogP contribution in [0.4, 0.5) is 5.82 Å². The second kappa shape index (κ2) is 9.16. The number of benzene rings is 1. The topological polar surface area (TPSA) is 83.1 Å². The molecule has 0 aliphatic heterocycles. The van der Waals surface area contributed by atoms with E-state index in [1.807, 2.05) is 24.3 Å². The number of rotatable bonds is 9. The number of carbonyl (C=O) groups excluding carboxylic acids is 2. The Bertz CT molecular complexity index is 768. The van der Waals surface area contributed by atoms with E-state index in [9.17, 15) is 9.59 Å². The van der Waals surface area contributed by atoms with Crippen molar-refractivity contribution in [3.8, 4) is 0 Å². The van der Waals surface area contributed by atoms with Crippen LogP contribution in [-0.2, 0) is 6.54 Å². The van der Waals surface area contributed by atoms with Gasteiger partial charge in [0.2, 0.25) is 0 Å². The Labute approximate surface area is 159 Å². The van der Waals surface area contributed by atoms with E-state index in [1.165, 1.54) is 0 Å². The number of hydrogen-bond acceptors (Lipinski definition) is 4. The first kappa shape index (κ1) is 18.9. The summed E-state index contributed by atoms with van der Waals surface area (Å²) in [4.78, 5) is 28.2. The van der Waals surface area contributed by atoms with Gasteiger partial charge in [0.15, 0.2) is 0 Å². The summed E-state index contributed by atoms with van der Waals surface area (Å²) in [5.41, 5.74) is 2.29. The van der Waals surface area contributed by atoms with E-state index in [0.29, 0.717) is 36.1 Å². The Morgan fingerprint density at radius 2 is 1.78 bits per heavy atom. The van der Waals surface area contributed by atoms with Gasteiger partial charge >= 0.3 is 0 Å². The third-order valence-corrected chi connectivity index (χ3v) is 4.44. The number of anilines is 1. The number of carbonyl (C=O) groups is 2. The smallest absolute Gasteiger partial charge is 0.253 e. The third kappa shape index (κ3) is 5.81. The molecule has 1 aromatic heterocycles. The largest absolute Gasteiger partial charge is 0.366 e. The average molecular weight is 366 g/mol. The van der Waals surface area contributed by atoms with Crippen LogP contribution in [0.1, 0.15) is 58.9 Å². The van der Waals surface area contributed by atoms with Crippen LogP contribution in [0.15, 0.2) is 42.6 Å². The van der Waals surface area contributed by atoms with Gasteiger partial charge in [-0.05, 0) is 49.1 Å². The molecule has 1 aliphatic carbocycles. The summed E-state index contributed by atoms with van der Waals surface area (Å²) in [5.74, 6) is 0.605. The normalized spacial score (nSPS) is 13.1. The fourth-order valence-corrected chi connectivity index (χ4v) is 2.58. The third-order valence-electron chi connectivity index (χ3n) is 4.44. The molecular formula is C21H26N4O2. The van der Waals surface area contributed by atoms with Crippen molar-refractivity contribution >= 4 is 17.6 Å². The SMILES string of the molecule is CCCCNC(=O)c1ccc(CNc2ccc(C(=O)NC3CC3)cn2)cc1. The van der Waals surface area contributed by atoms with Crippen LogP contribution in [0.3, 0.4) is 0 Å². The summed E-state index contributed by atoms with van der Waals surface area (Å²) < 4.78 is 0. The van der Waals surface area contributed by atoms with Crippen LogP contribution in [0, 0.1) is 0 Å². The van der Waals surface area contributed by atoms with Crippen LogP contribution >= 0.6 is 0 Å². The van der Waals surface area contributed by atoms with Gasteiger partial charge in [-0.15, -0.1) is 0 Å². The molecule has 6 nitrogen and oxygen atoms in total. The maximum absolute atomic E-state index is 12.0. The monoisotopic (exact) mass is 366 g/mol. The first-order valence-electron chi connectivity index (χ1n) is 9.53. The summed E-state index contributed by atoms with van der Waals surface area (Å²) in [6.45, 7) is 3.40. The second-order valence-corrected chi connectivity index (χ2v) is 6.84. The molecule has 1 fully saturated rings. The van der Waals surface area contributed by atoms with Crippen LogP contribution < -0.4 is 16.0 Å². The van der Waals surface area contributed by atoms with E-state index in [1.54, 1.807) is 18.3 Å². The van der Waals surface area contributed by atoms with Crippen molar-refractivity contribution < 1.29 is 9.59 Å². The molecule has 2 aromatic rings. The highest BCUT2D eigenvalue weighted by atomic mass is 16.2. The van der Waals surface area contributed by atoms with Crippen molar-refractivity contribution in [2.75, 3.05) is 11.9 Å². The molecular weight excluding hydrogens is 340 g/mol. The van der Waals surface area contributed by atoms with Gasteiger partial charge in [0.05, 0.1) is 5.56 Å². The van der Waals surface area contributed by atoms with E-state index < -0.39 is 0 Å². The molecule has 0 saturated heterocycles. The van der Waals surface area contributed by atoms with E-state index in [2.05, 4.69) is 27.9 Å². The molecule has 0 radical (unpaired) electrons. The Morgan fingerprint density at radius 1 is 1.04 bits per heavy atom. The number of aromatic nitrogens is 1. The second-order valence-electron chi connectivity index (χ2n) is 6.84. The standard InChI is InChI=1S/C21H26N4O2/c1-2-3-12-22-20(26)16-6-4-15(5-7-16)13-23-19-11-8-17(14-24-19)21(27)25-18-9-10-18/h4-8,11,14,18H,2-3,9-10,12-13H2,1H3,(H,22,26)(H,23,24)(H,25,27). The highest BCUT2D eigenvalue weighted by Gasteiger charge is 2.23. The van der Waals surface area contributed by atoms with E-state index in [-0.39, 0.29) is 11.8 Å². The first-order valence-corrected chi connectivity index (χ1v) is 9.53. The van der Waals surface area contributed by atoms with Crippen molar-refractivity contribution in [3.05, 3.63) is 59.3 Å². The van der Waals surface area contributed by atoms with Crippen LogP contribution in [-0.4, -0.2) is 29.4 Å².